The lowest BCUT2D eigenvalue weighted by Gasteiger charge is -2.22. The van der Waals surface area contributed by atoms with Gasteiger partial charge in [-0.3, -0.25) is 10.1 Å². The standard InChI is InChI=1S/C18H22N6O5S/c1-9-6-7-19-24(9)18-23-22-17(30-18)21-15(25)13-8-12(14(28-5)16(26)29-13)20-10(2)11(3)27-4/h6-8,10-11,20H,1-5H3,(H,21,22,25)/t10-,11+/m1/s1. The van der Waals surface area contributed by atoms with Gasteiger partial charge in [0.15, 0.2) is 5.76 Å². The zero-order valence-electron chi connectivity index (χ0n) is 17.1. The van der Waals surface area contributed by atoms with Crippen LogP contribution in [0.3, 0.4) is 0 Å². The Morgan fingerprint density at radius 2 is 2.07 bits per heavy atom. The lowest BCUT2D eigenvalue weighted by Crippen LogP contribution is -2.30. The van der Waals surface area contributed by atoms with Crippen LogP contribution in [0, 0.1) is 6.92 Å². The molecule has 0 radical (unpaired) electrons. The summed E-state index contributed by atoms with van der Waals surface area (Å²) in [6.07, 6.45) is 1.49. The van der Waals surface area contributed by atoms with Gasteiger partial charge in [0, 0.05) is 31.1 Å². The van der Waals surface area contributed by atoms with Gasteiger partial charge in [-0.2, -0.15) is 5.10 Å². The number of hydrogen-bond donors (Lipinski definition) is 2. The van der Waals surface area contributed by atoms with Crippen LogP contribution in [0.25, 0.3) is 5.13 Å². The van der Waals surface area contributed by atoms with Gasteiger partial charge in [0.25, 0.3) is 5.91 Å². The Morgan fingerprint density at radius 3 is 2.70 bits per heavy atom. The van der Waals surface area contributed by atoms with Crippen molar-refractivity contribution in [3.8, 4) is 10.9 Å². The molecule has 0 bridgehead atoms. The first-order valence-corrected chi connectivity index (χ1v) is 9.83. The van der Waals surface area contributed by atoms with Crippen molar-refractivity contribution < 1.29 is 18.7 Å². The molecule has 0 aliphatic heterocycles. The van der Waals surface area contributed by atoms with Crippen LogP contribution in [-0.2, 0) is 4.74 Å². The normalized spacial score (nSPS) is 13.0. The average Bonchev–Trinajstić information content (AvgIpc) is 3.35. The molecule has 0 aliphatic carbocycles. The molecule has 0 saturated carbocycles. The molecule has 160 valence electrons. The molecular weight excluding hydrogens is 412 g/mol. The van der Waals surface area contributed by atoms with Crippen molar-refractivity contribution in [1.29, 1.82) is 0 Å². The largest absolute Gasteiger partial charge is 0.488 e. The number of methoxy groups -OCH3 is 2. The van der Waals surface area contributed by atoms with Crippen LogP contribution in [0.1, 0.15) is 30.1 Å². The number of anilines is 2. The van der Waals surface area contributed by atoms with Crippen LogP contribution in [-0.4, -0.2) is 52.3 Å². The fourth-order valence-electron chi connectivity index (χ4n) is 2.54. The van der Waals surface area contributed by atoms with Crippen LogP contribution in [0.15, 0.2) is 27.5 Å². The Bertz CT molecular complexity index is 1090. The van der Waals surface area contributed by atoms with E-state index in [4.69, 9.17) is 13.9 Å². The van der Waals surface area contributed by atoms with Crippen LogP contribution >= 0.6 is 11.3 Å². The van der Waals surface area contributed by atoms with Gasteiger partial charge in [-0.1, -0.05) is 11.3 Å². The van der Waals surface area contributed by atoms with Gasteiger partial charge in [-0.25, -0.2) is 9.48 Å². The number of ether oxygens (including phenoxy) is 2. The lowest BCUT2D eigenvalue weighted by molar-refractivity contribution is 0.0991. The van der Waals surface area contributed by atoms with Gasteiger partial charge in [0.2, 0.25) is 16.0 Å². The molecule has 3 rings (SSSR count). The molecule has 0 aromatic carbocycles. The van der Waals surface area contributed by atoms with Crippen LogP contribution in [0.4, 0.5) is 10.8 Å². The highest BCUT2D eigenvalue weighted by Gasteiger charge is 2.21. The van der Waals surface area contributed by atoms with Crippen molar-refractivity contribution in [2.24, 2.45) is 0 Å². The summed E-state index contributed by atoms with van der Waals surface area (Å²) < 4.78 is 17.1. The summed E-state index contributed by atoms with van der Waals surface area (Å²) in [5.41, 5.74) is 0.413. The molecule has 3 heterocycles. The van der Waals surface area contributed by atoms with Crippen molar-refractivity contribution in [2.45, 2.75) is 32.9 Å². The first-order valence-electron chi connectivity index (χ1n) is 9.01. The number of carbonyl (C=O) groups is 1. The first kappa shape index (κ1) is 21.5. The van der Waals surface area contributed by atoms with Gasteiger partial charge in [0.1, 0.15) is 0 Å². The van der Waals surface area contributed by atoms with E-state index in [1.165, 1.54) is 13.2 Å². The number of amides is 1. The number of hydrogen-bond acceptors (Lipinski definition) is 10. The van der Waals surface area contributed by atoms with E-state index in [-0.39, 0.29) is 28.8 Å². The summed E-state index contributed by atoms with van der Waals surface area (Å²) >= 11 is 1.13. The quantitative estimate of drug-likeness (QED) is 0.546. The summed E-state index contributed by atoms with van der Waals surface area (Å²) in [6, 6.07) is 3.06. The maximum atomic E-state index is 12.6. The number of carbonyl (C=O) groups excluding carboxylic acids is 1. The van der Waals surface area contributed by atoms with E-state index in [0.29, 0.717) is 10.8 Å². The lowest BCUT2D eigenvalue weighted by atomic mass is 10.2. The van der Waals surface area contributed by atoms with E-state index in [1.54, 1.807) is 18.0 Å². The summed E-state index contributed by atoms with van der Waals surface area (Å²) in [6.45, 7) is 5.62. The van der Waals surface area contributed by atoms with Crippen molar-refractivity contribution in [2.75, 3.05) is 24.9 Å². The van der Waals surface area contributed by atoms with Crippen LogP contribution < -0.4 is 21.0 Å². The summed E-state index contributed by atoms with van der Waals surface area (Å²) in [5.74, 6) is -0.883. The molecule has 0 unspecified atom stereocenters. The van der Waals surface area contributed by atoms with Gasteiger partial charge >= 0.3 is 5.63 Å². The molecule has 3 aromatic heterocycles. The van der Waals surface area contributed by atoms with E-state index >= 15 is 0 Å². The third-order valence-corrected chi connectivity index (χ3v) is 5.26. The van der Waals surface area contributed by atoms with Gasteiger partial charge in [-0.05, 0) is 26.8 Å². The van der Waals surface area contributed by atoms with E-state index in [9.17, 15) is 9.59 Å². The number of aromatic nitrogens is 4. The Labute approximate surface area is 176 Å². The number of nitrogens with one attached hydrogen (secondary N) is 2. The van der Waals surface area contributed by atoms with E-state index in [2.05, 4.69) is 25.9 Å². The highest BCUT2D eigenvalue weighted by atomic mass is 32.1. The molecule has 2 atom stereocenters. The second-order valence-electron chi connectivity index (χ2n) is 6.45. The Kier molecular flexibility index (Phi) is 6.47. The van der Waals surface area contributed by atoms with Crippen LogP contribution in [0.2, 0.25) is 0 Å². The highest BCUT2D eigenvalue weighted by Crippen LogP contribution is 2.25. The third kappa shape index (κ3) is 4.49. The van der Waals surface area contributed by atoms with Gasteiger partial charge in [0.05, 0.1) is 18.9 Å². The SMILES string of the molecule is COc1c(N[C@H](C)[C@H](C)OC)cc(C(=O)Nc2nnc(-n3nccc3C)s2)oc1=O. The molecule has 30 heavy (non-hydrogen) atoms. The predicted octanol–water partition coefficient (Wildman–Crippen LogP) is 2.08. The van der Waals surface area contributed by atoms with Crippen LogP contribution in [0.5, 0.6) is 5.75 Å². The molecule has 11 nitrogen and oxygen atoms in total. The van der Waals surface area contributed by atoms with Gasteiger partial charge < -0.3 is 19.2 Å². The minimum absolute atomic E-state index is 0.0333. The minimum atomic E-state index is -0.782. The smallest absolute Gasteiger partial charge is 0.381 e. The summed E-state index contributed by atoms with van der Waals surface area (Å²) in [7, 11) is 2.93. The summed E-state index contributed by atoms with van der Waals surface area (Å²) in [5, 5.41) is 18.5. The number of aryl methyl sites for hydroxylation is 1. The minimum Gasteiger partial charge on any atom is -0.488 e. The van der Waals surface area contributed by atoms with E-state index in [1.807, 2.05) is 26.8 Å². The maximum absolute atomic E-state index is 12.6. The third-order valence-electron chi connectivity index (χ3n) is 4.44. The van der Waals surface area contributed by atoms with E-state index < -0.39 is 11.5 Å². The zero-order valence-corrected chi connectivity index (χ0v) is 17.9. The fourth-order valence-corrected chi connectivity index (χ4v) is 3.30. The second kappa shape index (κ2) is 9.05. The molecule has 3 aromatic rings. The Balaban J connectivity index is 1.83. The predicted molar refractivity (Wildman–Crippen MR) is 111 cm³/mol. The monoisotopic (exact) mass is 434 g/mol. The fraction of sp³-hybridized carbons (Fsp3) is 0.389. The maximum Gasteiger partial charge on any atom is 0.381 e. The van der Waals surface area contributed by atoms with Crippen molar-refractivity contribution in [1.82, 2.24) is 20.0 Å². The molecule has 0 saturated heterocycles. The van der Waals surface area contributed by atoms with Crippen molar-refractivity contribution in [3.63, 3.8) is 0 Å². The summed E-state index contributed by atoms with van der Waals surface area (Å²) in [4.78, 5) is 24.9. The molecular formula is C18H22N6O5S. The first-order chi connectivity index (χ1) is 14.3. The second-order valence-corrected chi connectivity index (χ2v) is 7.40. The number of nitrogens with zero attached hydrogens (tertiary/aromatic N) is 4. The molecule has 0 aliphatic rings. The highest BCUT2D eigenvalue weighted by molar-refractivity contribution is 7.17. The molecule has 2 N–H and O–H groups in total. The van der Waals surface area contributed by atoms with Gasteiger partial charge in [-0.15, -0.1) is 10.2 Å². The van der Waals surface area contributed by atoms with E-state index in [0.717, 1.165) is 17.0 Å². The Morgan fingerprint density at radius 1 is 1.30 bits per heavy atom. The molecule has 12 heteroatoms. The average molecular weight is 434 g/mol. The van der Waals surface area contributed by atoms with Crippen molar-refractivity contribution in [3.05, 3.63) is 40.2 Å². The zero-order chi connectivity index (χ0) is 21.8. The molecule has 0 fully saturated rings. The Hall–Kier alpha value is -3.25. The number of rotatable bonds is 8. The molecule has 1 amide bonds. The topological polar surface area (TPSA) is 133 Å². The molecule has 0 spiro atoms. The van der Waals surface area contributed by atoms with Crippen molar-refractivity contribution >= 4 is 28.1 Å².